The molecular weight excluding hydrogens is 280 g/mol. The molecule has 0 saturated carbocycles. The lowest BCUT2D eigenvalue weighted by Gasteiger charge is -2.13. The summed E-state index contributed by atoms with van der Waals surface area (Å²) in [5, 5.41) is 5.46. The molecule has 2 rings (SSSR count). The van der Waals surface area contributed by atoms with Crippen molar-refractivity contribution in [2.75, 3.05) is 13.2 Å². The maximum Gasteiger partial charge on any atom is 0.315 e. The topological polar surface area (TPSA) is 63.5 Å². The van der Waals surface area contributed by atoms with Crippen molar-refractivity contribution in [1.29, 1.82) is 0 Å². The van der Waals surface area contributed by atoms with E-state index in [1.54, 1.807) is 12.3 Å². The zero-order valence-electron chi connectivity index (χ0n) is 13.2. The van der Waals surface area contributed by atoms with E-state index in [4.69, 9.17) is 9.15 Å². The second kappa shape index (κ2) is 7.54. The predicted molar refractivity (Wildman–Crippen MR) is 85.1 cm³/mol. The molecule has 0 atom stereocenters. The Morgan fingerprint density at radius 2 is 1.91 bits per heavy atom. The first-order valence-corrected chi connectivity index (χ1v) is 7.31. The maximum absolute atomic E-state index is 11.6. The van der Waals surface area contributed by atoms with Crippen molar-refractivity contribution in [2.45, 2.75) is 27.3 Å². The molecule has 2 aromatic rings. The number of hydrogen-bond acceptors (Lipinski definition) is 3. The highest BCUT2D eigenvalue weighted by Crippen LogP contribution is 2.24. The van der Waals surface area contributed by atoms with Crippen LogP contribution in [0.15, 0.2) is 34.9 Å². The number of carbonyl (C=O) groups excluding carboxylic acids is 1. The number of amides is 2. The van der Waals surface area contributed by atoms with Gasteiger partial charge in [-0.25, -0.2) is 4.79 Å². The van der Waals surface area contributed by atoms with Crippen LogP contribution in [-0.2, 0) is 6.54 Å². The molecule has 2 amide bonds. The standard InChI is InChI=1S/C17H22N2O3/c1-12-9-13(2)16(14(3)10-12)22-8-6-18-17(20)19-11-15-5-4-7-21-15/h4-5,7,9-10H,6,8,11H2,1-3H3,(H2,18,19,20). The molecule has 0 unspecified atom stereocenters. The van der Waals surface area contributed by atoms with Gasteiger partial charge in [0.2, 0.25) is 0 Å². The molecule has 2 N–H and O–H groups in total. The second-order valence-corrected chi connectivity index (χ2v) is 5.27. The third kappa shape index (κ3) is 4.55. The molecule has 0 spiro atoms. The predicted octanol–water partition coefficient (Wildman–Crippen LogP) is 3.08. The third-order valence-electron chi connectivity index (χ3n) is 3.24. The van der Waals surface area contributed by atoms with E-state index in [-0.39, 0.29) is 6.03 Å². The van der Waals surface area contributed by atoms with Gasteiger partial charge in [-0.1, -0.05) is 17.7 Å². The van der Waals surface area contributed by atoms with Crippen LogP contribution in [0, 0.1) is 20.8 Å². The minimum atomic E-state index is -0.239. The van der Waals surface area contributed by atoms with E-state index in [0.29, 0.717) is 19.7 Å². The molecule has 0 aliphatic rings. The van der Waals surface area contributed by atoms with Crippen molar-refractivity contribution in [1.82, 2.24) is 10.6 Å². The molecule has 0 fully saturated rings. The largest absolute Gasteiger partial charge is 0.491 e. The molecule has 0 bridgehead atoms. The molecule has 5 heteroatoms. The van der Waals surface area contributed by atoms with Crippen LogP contribution in [0.3, 0.4) is 0 Å². The Kier molecular flexibility index (Phi) is 5.47. The number of aryl methyl sites for hydroxylation is 3. The summed E-state index contributed by atoms with van der Waals surface area (Å²) in [6, 6.07) is 7.54. The maximum atomic E-state index is 11.6. The second-order valence-electron chi connectivity index (χ2n) is 5.27. The van der Waals surface area contributed by atoms with Crippen LogP contribution in [0.2, 0.25) is 0 Å². The van der Waals surface area contributed by atoms with Crippen LogP contribution in [0.25, 0.3) is 0 Å². The number of benzene rings is 1. The molecule has 1 aromatic heterocycles. The van der Waals surface area contributed by atoms with E-state index >= 15 is 0 Å². The number of urea groups is 1. The molecule has 0 aliphatic carbocycles. The van der Waals surface area contributed by atoms with Crippen LogP contribution in [0.1, 0.15) is 22.5 Å². The van der Waals surface area contributed by atoms with E-state index in [0.717, 1.165) is 22.6 Å². The van der Waals surface area contributed by atoms with Gasteiger partial charge in [-0.3, -0.25) is 0 Å². The quantitative estimate of drug-likeness (QED) is 0.806. The molecule has 0 saturated heterocycles. The molecule has 0 radical (unpaired) electrons. The van der Waals surface area contributed by atoms with Gasteiger partial charge >= 0.3 is 6.03 Å². The Balaban J connectivity index is 1.70. The number of furan rings is 1. The molecule has 118 valence electrons. The van der Waals surface area contributed by atoms with Gasteiger partial charge in [0.15, 0.2) is 0 Å². The van der Waals surface area contributed by atoms with Crippen LogP contribution in [0.4, 0.5) is 4.79 Å². The zero-order valence-corrected chi connectivity index (χ0v) is 13.2. The summed E-state index contributed by atoms with van der Waals surface area (Å²) in [6.45, 7) is 7.36. The van der Waals surface area contributed by atoms with E-state index in [1.165, 1.54) is 5.56 Å². The summed E-state index contributed by atoms with van der Waals surface area (Å²) in [5.74, 6) is 1.61. The number of ether oxygens (including phenoxy) is 1. The fourth-order valence-corrected chi connectivity index (χ4v) is 2.36. The van der Waals surface area contributed by atoms with Crippen molar-refractivity contribution < 1.29 is 13.9 Å². The molecule has 1 heterocycles. The van der Waals surface area contributed by atoms with Gasteiger partial charge in [-0.15, -0.1) is 0 Å². The van der Waals surface area contributed by atoms with Gasteiger partial charge in [0.25, 0.3) is 0 Å². The first kappa shape index (κ1) is 15.9. The average molecular weight is 302 g/mol. The summed E-state index contributed by atoms with van der Waals surface area (Å²) in [6.07, 6.45) is 1.58. The van der Waals surface area contributed by atoms with Crippen molar-refractivity contribution in [3.8, 4) is 5.75 Å². The highest BCUT2D eigenvalue weighted by Gasteiger charge is 2.06. The fourth-order valence-electron chi connectivity index (χ4n) is 2.36. The number of hydrogen-bond donors (Lipinski definition) is 2. The van der Waals surface area contributed by atoms with Crippen molar-refractivity contribution in [2.24, 2.45) is 0 Å². The Morgan fingerprint density at radius 1 is 1.18 bits per heavy atom. The van der Waals surface area contributed by atoms with Crippen LogP contribution in [-0.4, -0.2) is 19.2 Å². The van der Waals surface area contributed by atoms with E-state index in [1.807, 2.05) is 19.9 Å². The Labute approximate surface area is 130 Å². The van der Waals surface area contributed by atoms with Crippen LogP contribution < -0.4 is 15.4 Å². The lowest BCUT2D eigenvalue weighted by Crippen LogP contribution is -2.37. The summed E-state index contributed by atoms with van der Waals surface area (Å²) >= 11 is 0. The lowest BCUT2D eigenvalue weighted by molar-refractivity contribution is 0.235. The average Bonchev–Trinajstić information content (AvgIpc) is 2.96. The summed E-state index contributed by atoms with van der Waals surface area (Å²) < 4.78 is 10.9. The van der Waals surface area contributed by atoms with Gasteiger partial charge in [0.1, 0.15) is 18.1 Å². The lowest BCUT2D eigenvalue weighted by atomic mass is 10.1. The summed E-state index contributed by atoms with van der Waals surface area (Å²) in [7, 11) is 0. The SMILES string of the molecule is Cc1cc(C)c(OCCNC(=O)NCc2ccco2)c(C)c1. The highest BCUT2D eigenvalue weighted by atomic mass is 16.5. The minimum absolute atomic E-state index is 0.239. The first-order valence-electron chi connectivity index (χ1n) is 7.31. The summed E-state index contributed by atoms with van der Waals surface area (Å²) in [4.78, 5) is 11.6. The molecule has 1 aromatic carbocycles. The van der Waals surface area contributed by atoms with E-state index in [9.17, 15) is 4.79 Å². The minimum Gasteiger partial charge on any atom is -0.491 e. The van der Waals surface area contributed by atoms with Gasteiger partial charge in [-0.2, -0.15) is 0 Å². The van der Waals surface area contributed by atoms with Gasteiger partial charge < -0.3 is 19.8 Å². The Morgan fingerprint density at radius 3 is 2.55 bits per heavy atom. The summed E-state index contributed by atoms with van der Waals surface area (Å²) in [5.41, 5.74) is 3.44. The van der Waals surface area contributed by atoms with Gasteiger partial charge in [0.05, 0.1) is 19.4 Å². The Hall–Kier alpha value is -2.43. The van der Waals surface area contributed by atoms with Crippen molar-refractivity contribution in [3.05, 3.63) is 53.0 Å². The number of rotatable bonds is 6. The van der Waals surface area contributed by atoms with E-state index < -0.39 is 0 Å². The van der Waals surface area contributed by atoms with Gasteiger partial charge in [0, 0.05) is 0 Å². The van der Waals surface area contributed by atoms with Crippen LogP contribution >= 0.6 is 0 Å². The first-order chi connectivity index (χ1) is 10.6. The van der Waals surface area contributed by atoms with Crippen molar-refractivity contribution in [3.63, 3.8) is 0 Å². The third-order valence-corrected chi connectivity index (χ3v) is 3.24. The Bertz CT molecular complexity index is 598. The molecule has 22 heavy (non-hydrogen) atoms. The van der Waals surface area contributed by atoms with E-state index in [2.05, 4.69) is 29.7 Å². The molecular formula is C17H22N2O3. The van der Waals surface area contributed by atoms with Crippen LogP contribution in [0.5, 0.6) is 5.75 Å². The molecule has 5 nitrogen and oxygen atoms in total. The monoisotopic (exact) mass is 302 g/mol. The van der Waals surface area contributed by atoms with Crippen molar-refractivity contribution >= 4 is 6.03 Å². The molecule has 0 aliphatic heterocycles. The normalized spacial score (nSPS) is 10.3. The zero-order chi connectivity index (χ0) is 15.9. The smallest absolute Gasteiger partial charge is 0.315 e. The highest BCUT2D eigenvalue weighted by molar-refractivity contribution is 5.73. The number of nitrogens with one attached hydrogen (secondary N) is 2. The number of carbonyl (C=O) groups is 1. The fraction of sp³-hybridized carbons (Fsp3) is 0.353. The van der Waals surface area contributed by atoms with Gasteiger partial charge in [-0.05, 0) is 44.0 Å².